The molecule has 4 rings (SSSR count). The number of aryl methyl sites for hydroxylation is 1. The summed E-state index contributed by atoms with van der Waals surface area (Å²) in [6, 6.07) is 8.65. The van der Waals surface area contributed by atoms with Gasteiger partial charge in [0.1, 0.15) is 10.6 Å². The first-order valence-electron chi connectivity index (χ1n) is 10.7. The first-order valence-corrected chi connectivity index (χ1v) is 11.6. The number of nitrogens with zero attached hydrogens (tertiary/aromatic N) is 3. The summed E-state index contributed by atoms with van der Waals surface area (Å²) in [5, 5.41) is 8.74. The van der Waals surface area contributed by atoms with Gasteiger partial charge in [-0.05, 0) is 36.6 Å². The Balaban J connectivity index is 1.47. The Morgan fingerprint density at radius 1 is 1.26 bits per heavy atom. The van der Waals surface area contributed by atoms with Gasteiger partial charge in [0.15, 0.2) is 0 Å². The summed E-state index contributed by atoms with van der Waals surface area (Å²) in [5.74, 6) is 0.137. The second-order valence-corrected chi connectivity index (χ2v) is 9.40. The van der Waals surface area contributed by atoms with E-state index < -0.39 is 0 Å². The van der Waals surface area contributed by atoms with Gasteiger partial charge in [0, 0.05) is 31.1 Å². The fourth-order valence-electron chi connectivity index (χ4n) is 4.07. The quantitative estimate of drug-likeness (QED) is 0.604. The van der Waals surface area contributed by atoms with Crippen molar-refractivity contribution in [3.05, 3.63) is 52.3 Å². The Kier molecular flexibility index (Phi) is 6.69. The lowest BCUT2D eigenvalue weighted by molar-refractivity contribution is 0.00674. The van der Waals surface area contributed by atoms with E-state index in [0.29, 0.717) is 23.9 Å². The maximum absolute atomic E-state index is 13.2. The van der Waals surface area contributed by atoms with E-state index in [9.17, 15) is 9.18 Å². The number of ether oxygens (including phenoxy) is 1. The van der Waals surface area contributed by atoms with E-state index in [1.54, 1.807) is 12.1 Å². The minimum atomic E-state index is -0.252. The van der Waals surface area contributed by atoms with Crippen LogP contribution in [0, 0.1) is 18.7 Å². The summed E-state index contributed by atoms with van der Waals surface area (Å²) in [6.07, 6.45) is 0. The molecule has 0 saturated carbocycles. The van der Waals surface area contributed by atoms with Gasteiger partial charge in [0.2, 0.25) is 0 Å². The first-order chi connectivity index (χ1) is 14.9. The molecule has 0 aliphatic carbocycles. The van der Waals surface area contributed by atoms with Crippen molar-refractivity contribution in [2.45, 2.75) is 33.4 Å². The van der Waals surface area contributed by atoms with Crippen molar-refractivity contribution in [1.29, 1.82) is 0 Å². The number of aromatic nitrogens is 2. The molecule has 1 amide bonds. The molecule has 0 radical (unpaired) electrons. The fraction of sp³-hybridized carbons (Fsp3) is 0.478. The standard InChI is InChI=1S/C23H29FN4O2S/c1-15(2)20(27-8-10-30-11-9-27)13-25-22(29)21-12-19-16(3)26-28(23(19)31-21)14-17-4-6-18(24)7-5-17/h4-7,12,15,20H,8-11,13-14H2,1-3H3,(H,25,29)/t20-/m1/s1. The zero-order chi connectivity index (χ0) is 22.0. The van der Waals surface area contributed by atoms with Crippen LogP contribution in [0.1, 0.15) is 34.8 Å². The number of hydrogen-bond donors (Lipinski definition) is 1. The Labute approximate surface area is 186 Å². The number of hydrogen-bond acceptors (Lipinski definition) is 5. The number of morpholine rings is 1. The molecule has 1 fully saturated rings. The van der Waals surface area contributed by atoms with Crippen molar-refractivity contribution in [3.63, 3.8) is 0 Å². The van der Waals surface area contributed by atoms with Gasteiger partial charge in [0.05, 0.1) is 30.3 Å². The van der Waals surface area contributed by atoms with Crippen LogP contribution >= 0.6 is 11.3 Å². The van der Waals surface area contributed by atoms with Crippen LogP contribution in [-0.4, -0.2) is 59.5 Å². The van der Waals surface area contributed by atoms with Gasteiger partial charge >= 0.3 is 0 Å². The third-order valence-corrected chi connectivity index (χ3v) is 6.98. The number of amides is 1. The number of benzene rings is 1. The lowest BCUT2D eigenvalue weighted by Gasteiger charge is -2.36. The molecule has 1 saturated heterocycles. The average molecular weight is 445 g/mol. The third kappa shape index (κ3) is 4.97. The summed E-state index contributed by atoms with van der Waals surface area (Å²) in [7, 11) is 0. The van der Waals surface area contributed by atoms with Crippen LogP contribution in [0.2, 0.25) is 0 Å². The van der Waals surface area contributed by atoms with Gasteiger partial charge in [-0.15, -0.1) is 11.3 Å². The van der Waals surface area contributed by atoms with E-state index in [4.69, 9.17) is 4.74 Å². The molecule has 0 spiro atoms. The SMILES string of the molecule is Cc1nn(Cc2ccc(F)cc2)c2sc(C(=O)NC[C@H](C(C)C)N3CCOCC3)cc12. The van der Waals surface area contributed by atoms with Gasteiger partial charge in [-0.2, -0.15) is 5.10 Å². The van der Waals surface area contributed by atoms with E-state index in [2.05, 4.69) is 29.2 Å². The highest BCUT2D eigenvalue weighted by Gasteiger charge is 2.25. The van der Waals surface area contributed by atoms with Gasteiger partial charge < -0.3 is 10.1 Å². The molecule has 1 aromatic carbocycles. The molecule has 3 heterocycles. The van der Waals surface area contributed by atoms with Crippen LogP contribution < -0.4 is 5.32 Å². The van der Waals surface area contributed by atoms with E-state index in [1.807, 2.05) is 17.7 Å². The predicted octanol–water partition coefficient (Wildman–Crippen LogP) is 3.68. The smallest absolute Gasteiger partial charge is 0.261 e. The minimum absolute atomic E-state index is 0.0483. The Morgan fingerprint density at radius 2 is 1.97 bits per heavy atom. The lowest BCUT2D eigenvalue weighted by atomic mass is 10.0. The number of fused-ring (bicyclic) bond motifs is 1. The van der Waals surface area contributed by atoms with Crippen molar-refractivity contribution < 1.29 is 13.9 Å². The van der Waals surface area contributed by atoms with Crippen LogP contribution in [0.25, 0.3) is 10.2 Å². The molecule has 1 N–H and O–H groups in total. The average Bonchev–Trinajstić information content (AvgIpc) is 3.32. The number of nitrogens with one attached hydrogen (secondary N) is 1. The fourth-order valence-corrected chi connectivity index (χ4v) is 5.15. The van der Waals surface area contributed by atoms with Crippen LogP contribution in [0.4, 0.5) is 4.39 Å². The van der Waals surface area contributed by atoms with Gasteiger partial charge in [-0.3, -0.25) is 14.4 Å². The Bertz CT molecular complexity index is 1040. The molecule has 1 aliphatic rings. The maximum Gasteiger partial charge on any atom is 0.261 e. The van der Waals surface area contributed by atoms with Crippen molar-refractivity contribution in [1.82, 2.24) is 20.0 Å². The monoisotopic (exact) mass is 444 g/mol. The van der Waals surface area contributed by atoms with E-state index >= 15 is 0 Å². The van der Waals surface area contributed by atoms with Gasteiger partial charge in [-0.1, -0.05) is 26.0 Å². The number of carbonyl (C=O) groups is 1. The lowest BCUT2D eigenvalue weighted by Crippen LogP contribution is -2.51. The normalized spacial score (nSPS) is 16.2. The molecule has 0 unspecified atom stereocenters. The third-order valence-electron chi connectivity index (χ3n) is 5.83. The van der Waals surface area contributed by atoms with Gasteiger partial charge in [-0.25, -0.2) is 4.39 Å². The second kappa shape index (κ2) is 9.46. The first kappa shape index (κ1) is 21.9. The van der Waals surface area contributed by atoms with E-state index in [-0.39, 0.29) is 17.8 Å². The van der Waals surface area contributed by atoms with Crippen LogP contribution in [0.5, 0.6) is 0 Å². The van der Waals surface area contributed by atoms with Crippen LogP contribution in [-0.2, 0) is 11.3 Å². The minimum Gasteiger partial charge on any atom is -0.379 e. The number of carbonyl (C=O) groups excluding carboxylic acids is 1. The molecule has 1 aliphatic heterocycles. The van der Waals surface area contributed by atoms with Crippen molar-refractivity contribution in [3.8, 4) is 0 Å². The van der Waals surface area contributed by atoms with Crippen LogP contribution in [0.3, 0.4) is 0 Å². The zero-order valence-electron chi connectivity index (χ0n) is 18.2. The molecular weight excluding hydrogens is 415 g/mol. The number of thiophene rings is 1. The van der Waals surface area contributed by atoms with Crippen molar-refractivity contribution in [2.75, 3.05) is 32.8 Å². The second-order valence-electron chi connectivity index (χ2n) is 8.37. The topological polar surface area (TPSA) is 59.4 Å². The predicted molar refractivity (Wildman–Crippen MR) is 121 cm³/mol. The highest BCUT2D eigenvalue weighted by Crippen LogP contribution is 2.29. The van der Waals surface area contributed by atoms with Crippen molar-refractivity contribution >= 4 is 27.5 Å². The zero-order valence-corrected chi connectivity index (χ0v) is 19.0. The number of rotatable bonds is 7. The van der Waals surface area contributed by atoms with E-state index in [1.165, 1.54) is 23.5 Å². The summed E-state index contributed by atoms with van der Waals surface area (Å²) < 4.78 is 20.6. The summed E-state index contributed by atoms with van der Waals surface area (Å²) >= 11 is 1.45. The molecule has 1 atom stereocenters. The highest BCUT2D eigenvalue weighted by atomic mass is 32.1. The molecule has 31 heavy (non-hydrogen) atoms. The molecule has 0 bridgehead atoms. The summed E-state index contributed by atoms with van der Waals surface area (Å²) in [4.78, 5) is 17.0. The Hall–Kier alpha value is -2.29. The van der Waals surface area contributed by atoms with Gasteiger partial charge in [0.25, 0.3) is 5.91 Å². The van der Waals surface area contributed by atoms with Crippen molar-refractivity contribution in [2.24, 2.45) is 5.92 Å². The molecule has 8 heteroatoms. The highest BCUT2D eigenvalue weighted by molar-refractivity contribution is 7.20. The Morgan fingerprint density at radius 3 is 2.65 bits per heavy atom. The molecular formula is C23H29FN4O2S. The largest absolute Gasteiger partial charge is 0.379 e. The van der Waals surface area contributed by atoms with Crippen LogP contribution in [0.15, 0.2) is 30.3 Å². The molecule has 6 nitrogen and oxygen atoms in total. The summed E-state index contributed by atoms with van der Waals surface area (Å²) in [6.45, 7) is 10.8. The molecule has 2 aromatic heterocycles. The van der Waals surface area contributed by atoms with E-state index in [0.717, 1.165) is 47.8 Å². The summed E-state index contributed by atoms with van der Waals surface area (Å²) in [5.41, 5.74) is 1.86. The number of halogens is 1. The molecule has 166 valence electrons. The molecule has 3 aromatic rings. The maximum atomic E-state index is 13.2.